The maximum Gasteiger partial charge on any atom is 0.254 e. The topological polar surface area (TPSA) is 119 Å². The van der Waals surface area contributed by atoms with E-state index in [-0.39, 0.29) is 5.56 Å². The summed E-state index contributed by atoms with van der Waals surface area (Å²) in [5.74, 6) is -0.214. The number of amides is 1. The van der Waals surface area contributed by atoms with Crippen LogP contribution in [-0.2, 0) is 0 Å². The molecule has 0 bridgehead atoms. The molecule has 0 saturated carbocycles. The molecule has 23 heavy (non-hydrogen) atoms. The average molecular weight is 328 g/mol. The number of nitrogens with zero attached hydrogens (tertiary/aromatic N) is 3. The van der Waals surface area contributed by atoms with Gasteiger partial charge in [0.05, 0.1) is 5.69 Å². The summed E-state index contributed by atoms with van der Waals surface area (Å²) in [7, 11) is 0. The van der Waals surface area contributed by atoms with Gasteiger partial charge in [-0.25, -0.2) is 9.97 Å². The number of thioether (sulfide) groups is 1. The fourth-order valence-corrected chi connectivity index (χ4v) is 2.03. The maximum absolute atomic E-state index is 11.5. The summed E-state index contributed by atoms with van der Waals surface area (Å²) in [4.78, 5) is 24.0. The van der Waals surface area contributed by atoms with Crippen molar-refractivity contribution in [3.8, 4) is 0 Å². The van der Waals surface area contributed by atoms with Gasteiger partial charge in [0.25, 0.3) is 5.91 Å². The van der Waals surface area contributed by atoms with Gasteiger partial charge in [0.1, 0.15) is 11.4 Å². The Labute approximate surface area is 137 Å². The number of rotatable bonds is 6. The summed E-state index contributed by atoms with van der Waals surface area (Å²) in [6.07, 6.45) is 7.91. The number of nitrogens with two attached hydrogens (primary N) is 2. The number of carbonyl (C=O) groups excluding carboxylic acids is 1. The van der Waals surface area contributed by atoms with E-state index in [1.807, 2.05) is 30.5 Å². The van der Waals surface area contributed by atoms with Crippen LogP contribution in [-0.4, -0.2) is 28.3 Å². The highest BCUT2D eigenvalue weighted by atomic mass is 32.2. The first kappa shape index (κ1) is 16.5. The molecule has 0 atom stereocenters. The lowest BCUT2D eigenvalue weighted by molar-refractivity contribution is 0.100. The lowest BCUT2D eigenvalue weighted by atomic mass is 10.2. The molecule has 0 aliphatic heterocycles. The maximum atomic E-state index is 11.5. The van der Waals surface area contributed by atoms with E-state index in [0.29, 0.717) is 11.0 Å². The number of hydrogen-bond acceptors (Lipinski definition) is 7. The van der Waals surface area contributed by atoms with E-state index in [9.17, 15) is 4.79 Å². The molecule has 1 aromatic heterocycles. The molecule has 0 saturated heterocycles. The van der Waals surface area contributed by atoms with Crippen LogP contribution >= 0.6 is 11.8 Å². The zero-order valence-corrected chi connectivity index (χ0v) is 13.2. The molecule has 0 fully saturated rings. The normalized spacial score (nSPS) is 11.2. The summed E-state index contributed by atoms with van der Waals surface area (Å²) in [6, 6.07) is 7.29. The molecule has 1 aromatic carbocycles. The van der Waals surface area contributed by atoms with E-state index in [0.717, 1.165) is 11.4 Å². The van der Waals surface area contributed by atoms with Gasteiger partial charge in [0, 0.05) is 18.1 Å². The first-order valence-corrected chi connectivity index (χ1v) is 7.85. The number of hydrogen-bond donors (Lipinski definition) is 3. The quantitative estimate of drug-likeness (QED) is 0.425. The standard InChI is InChI=1S/C15H16N6OS/c1-23-15-19-9-12(13(17)22)14(21-15)20-11-5-3-10(4-6-11)18-8-2-7-16/h2-9H,16H2,1H3,(H2,17,22)(H,19,20,21). The number of anilines is 2. The zero-order valence-electron chi connectivity index (χ0n) is 12.4. The molecule has 0 unspecified atom stereocenters. The van der Waals surface area contributed by atoms with Gasteiger partial charge in [-0.2, -0.15) is 0 Å². The van der Waals surface area contributed by atoms with Gasteiger partial charge >= 0.3 is 0 Å². The largest absolute Gasteiger partial charge is 0.405 e. The van der Waals surface area contributed by atoms with Crippen LogP contribution in [0, 0.1) is 0 Å². The number of aliphatic imine (C=N–C) groups is 1. The number of carbonyl (C=O) groups is 1. The third-order valence-corrected chi connectivity index (χ3v) is 3.33. The van der Waals surface area contributed by atoms with Crippen molar-refractivity contribution < 1.29 is 4.79 Å². The second-order valence-electron chi connectivity index (χ2n) is 4.32. The molecular formula is C15H16N6OS. The fourth-order valence-electron chi connectivity index (χ4n) is 1.69. The molecule has 0 aliphatic carbocycles. The summed E-state index contributed by atoms with van der Waals surface area (Å²) < 4.78 is 0. The van der Waals surface area contributed by atoms with Crippen molar-refractivity contribution in [2.45, 2.75) is 5.16 Å². The third kappa shape index (κ3) is 4.55. The predicted octanol–water partition coefficient (Wildman–Crippen LogP) is 2.22. The van der Waals surface area contributed by atoms with Crippen molar-refractivity contribution in [2.75, 3.05) is 11.6 Å². The van der Waals surface area contributed by atoms with Gasteiger partial charge in [0.2, 0.25) is 0 Å². The van der Waals surface area contributed by atoms with Crippen LogP contribution in [0.25, 0.3) is 0 Å². The summed E-state index contributed by atoms with van der Waals surface area (Å²) in [5.41, 5.74) is 12.3. The van der Waals surface area contributed by atoms with Crippen LogP contribution in [0.4, 0.5) is 17.2 Å². The Morgan fingerprint density at radius 1 is 1.35 bits per heavy atom. The molecule has 0 radical (unpaired) electrons. The highest BCUT2D eigenvalue weighted by Gasteiger charge is 2.12. The van der Waals surface area contributed by atoms with Gasteiger partial charge in [-0.05, 0) is 42.8 Å². The van der Waals surface area contributed by atoms with Gasteiger partial charge in [-0.15, -0.1) is 0 Å². The van der Waals surface area contributed by atoms with Gasteiger partial charge in [-0.1, -0.05) is 11.8 Å². The lowest BCUT2D eigenvalue weighted by Gasteiger charge is -2.10. The first-order valence-electron chi connectivity index (χ1n) is 6.63. The van der Waals surface area contributed by atoms with Crippen molar-refractivity contribution in [2.24, 2.45) is 16.5 Å². The molecule has 1 amide bonds. The van der Waals surface area contributed by atoms with Crippen LogP contribution < -0.4 is 16.8 Å². The number of primary amides is 1. The molecule has 0 aliphatic rings. The average Bonchev–Trinajstić information content (AvgIpc) is 2.56. The van der Waals surface area contributed by atoms with Crippen LogP contribution in [0.3, 0.4) is 0 Å². The van der Waals surface area contributed by atoms with Crippen molar-refractivity contribution in [1.82, 2.24) is 9.97 Å². The molecule has 118 valence electrons. The van der Waals surface area contributed by atoms with Gasteiger partial charge < -0.3 is 16.8 Å². The van der Waals surface area contributed by atoms with E-state index < -0.39 is 5.91 Å². The van der Waals surface area contributed by atoms with Crippen LogP contribution in [0.5, 0.6) is 0 Å². The summed E-state index contributed by atoms with van der Waals surface area (Å²) >= 11 is 1.38. The number of nitrogens with one attached hydrogen (secondary N) is 1. The van der Waals surface area contributed by atoms with Crippen LogP contribution in [0.15, 0.2) is 52.9 Å². The van der Waals surface area contributed by atoms with Gasteiger partial charge in [-0.3, -0.25) is 9.79 Å². The Morgan fingerprint density at radius 3 is 2.70 bits per heavy atom. The SMILES string of the molecule is CSc1ncc(C(N)=O)c(Nc2ccc(N=CC=CN)cc2)n1. The van der Waals surface area contributed by atoms with Crippen molar-refractivity contribution in [3.63, 3.8) is 0 Å². The fraction of sp³-hybridized carbons (Fsp3) is 0.0667. The highest BCUT2D eigenvalue weighted by molar-refractivity contribution is 7.98. The van der Waals surface area contributed by atoms with Crippen LogP contribution in [0.1, 0.15) is 10.4 Å². The monoisotopic (exact) mass is 328 g/mol. The Hall–Kier alpha value is -2.87. The molecule has 8 heteroatoms. The Morgan fingerprint density at radius 2 is 2.09 bits per heavy atom. The molecule has 2 aromatic rings. The van der Waals surface area contributed by atoms with E-state index in [4.69, 9.17) is 11.5 Å². The summed E-state index contributed by atoms with van der Waals surface area (Å²) in [6.45, 7) is 0. The van der Waals surface area contributed by atoms with E-state index >= 15 is 0 Å². The Bertz CT molecular complexity index is 742. The van der Waals surface area contributed by atoms with Gasteiger partial charge in [0.15, 0.2) is 5.16 Å². The molecule has 0 spiro atoms. The Balaban J connectivity index is 2.23. The van der Waals surface area contributed by atoms with E-state index in [1.54, 1.807) is 12.3 Å². The number of benzene rings is 1. The lowest BCUT2D eigenvalue weighted by Crippen LogP contribution is -2.15. The second kappa shape index (κ2) is 7.95. The molecule has 5 N–H and O–H groups in total. The number of aromatic nitrogens is 2. The molecule has 7 nitrogen and oxygen atoms in total. The second-order valence-corrected chi connectivity index (χ2v) is 5.09. The van der Waals surface area contributed by atoms with Crippen molar-refractivity contribution in [1.29, 1.82) is 0 Å². The molecule has 1 heterocycles. The minimum absolute atomic E-state index is 0.234. The third-order valence-electron chi connectivity index (χ3n) is 2.77. The zero-order chi connectivity index (χ0) is 16.7. The van der Waals surface area contributed by atoms with E-state index in [2.05, 4.69) is 20.3 Å². The first-order chi connectivity index (χ1) is 11.1. The van der Waals surface area contributed by atoms with Crippen molar-refractivity contribution >= 4 is 41.1 Å². The Kier molecular flexibility index (Phi) is 5.70. The smallest absolute Gasteiger partial charge is 0.254 e. The van der Waals surface area contributed by atoms with E-state index in [1.165, 1.54) is 24.2 Å². The number of allylic oxidation sites excluding steroid dienone is 1. The minimum Gasteiger partial charge on any atom is -0.405 e. The van der Waals surface area contributed by atoms with Crippen molar-refractivity contribution in [3.05, 3.63) is 48.3 Å². The molecular weight excluding hydrogens is 312 g/mol. The highest BCUT2D eigenvalue weighted by Crippen LogP contribution is 2.22. The predicted molar refractivity (Wildman–Crippen MR) is 93.5 cm³/mol. The molecule has 2 rings (SSSR count). The minimum atomic E-state index is -0.588. The van der Waals surface area contributed by atoms with Crippen LogP contribution in [0.2, 0.25) is 0 Å². The summed E-state index contributed by atoms with van der Waals surface area (Å²) in [5, 5.41) is 3.62.